The average molecular weight is 434 g/mol. The highest BCUT2D eigenvalue weighted by Gasteiger charge is 2.13. The second-order valence-corrected chi connectivity index (χ2v) is 9.53. The summed E-state index contributed by atoms with van der Waals surface area (Å²) in [6, 6.07) is 18.4. The molecule has 0 saturated carbocycles. The lowest BCUT2D eigenvalue weighted by molar-refractivity contribution is 0.0956. The number of aromatic nitrogens is 2. The van der Waals surface area contributed by atoms with Gasteiger partial charge in [-0.15, -0.1) is 0 Å². The number of aromatic amines is 1. The first-order chi connectivity index (χ1) is 14.8. The second-order valence-electron chi connectivity index (χ2n) is 7.52. The molecule has 0 aliphatic heterocycles. The van der Waals surface area contributed by atoms with Gasteiger partial charge in [0.15, 0.2) is 9.84 Å². The van der Waals surface area contributed by atoms with E-state index in [-0.39, 0.29) is 10.8 Å². The fourth-order valence-corrected chi connectivity index (χ4v) is 4.23. The number of benzene rings is 3. The molecule has 0 aliphatic rings. The SMILES string of the molecule is CCNC(=O)c1ccc(C)c(-c2ccc3c(-c4ccc(S(C)(=O)=O)cc4)n[nH]c3c2)c1. The highest BCUT2D eigenvalue weighted by Crippen LogP contribution is 2.32. The number of rotatable bonds is 5. The summed E-state index contributed by atoms with van der Waals surface area (Å²) in [5.41, 5.74) is 6.12. The third-order valence-electron chi connectivity index (χ3n) is 5.27. The van der Waals surface area contributed by atoms with E-state index in [1.165, 1.54) is 6.26 Å². The monoisotopic (exact) mass is 433 g/mol. The molecule has 0 unspecified atom stereocenters. The van der Waals surface area contributed by atoms with Crippen LogP contribution in [0.5, 0.6) is 0 Å². The Morgan fingerprint density at radius 3 is 2.39 bits per heavy atom. The minimum absolute atomic E-state index is 0.0915. The maximum Gasteiger partial charge on any atom is 0.251 e. The van der Waals surface area contributed by atoms with Crippen LogP contribution in [0, 0.1) is 6.92 Å². The van der Waals surface area contributed by atoms with Crippen LogP contribution in [-0.4, -0.2) is 37.3 Å². The fourth-order valence-electron chi connectivity index (χ4n) is 3.60. The van der Waals surface area contributed by atoms with Crippen molar-refractivity contribution in [2.45, 2.75) is 18.7 Å². The Hall–Kier alpha value is -3.45. The van der Waals surface area contributed by atoms with Crippen molar-refractivity contribution in [3.8, 4) is 22.4 Å². The van der Waals surface area contributed by atoms with Crippen LogP contribution in [0.25, 0.3) is 33.3 Å². The smallest absolute Gasteiger partial charge is 0.251 e. The van der Waals surface area contributed by atoms with Gasteiger partial charge in [-0.05, 0) is 66.9 Å². The van der Waals surface area contributed by atoms with Crippen LogP contribution >= 0.6 is 0 Å². The number of sulfone groups is 1. The molecule has 0 radical (unpaired) electrons. The van der Waals surface area contributed by atoms with Gasteiger partial charge in [-0.3, -0.25) is 9.89 Å². The molecule has 1 aromatic heterocycles. The molecule has 2 N–H and O–H groups in total. The number of hydrogen-bond donors (Lipinski definition) is 2. The molecule has 0 spiro atoms. The van der Waals surface area contributed by atoms with Gasteiger partial charge < -0.3 is 5.32 Å². The van der Waals surface area contributed by atoms with Crippen molar-refractivity contribution in [2.24, 2.45) is 0 Å². The Bertz CT molecular complexity index is 1390. The average Bonchev–Trinajstić information content (AvgIpc) is 3.17. The van der Waals surface area contributed by atoms with E-state index < -0.39 is 9.84 Å². The van der Waals surface area contributed by atoms with Crippen LogP contribution in [0.2, 0.25) is 0 Å². The van der Waals surface area contributed by atoms with Crippen LogP contribution in [0.3, 0.4) is 0 Å². The van der Waals surface area contributed by atoms with Gasteiger partial charge in [0.05, 0.1) is 16.1 Å². The number of carbonyl (C=O) groups excluding carboxylic acids is 1. The van der Waals surface area contributed by atoms with Crippen molar-refractivity contribution >= 4 is 26.6 Å². The van der Waals surface area contributed by atoms with Gasteiger partial charge in [0.1, 0.15) is 0 Å². The second kappa shape index (κ2) is 8.00. The Morgan fingerprint density at radius 2 is 1.71 bits per heavy atom. The van der Waals surface area contributed by atoms with Gasteiger partial charge >= 0.3 is 0 Å². The van der Waals surface area contributed by atoms with Gasteiger partial charge in [-0.1, -0.05) is 24.3 Å². The van der Waals surface area contributed by atoms with Crippen molar-refractivity contribution in [3.63, 3.8) is 0 Å². The van der Waals surface area contributed by atoms with E-state index in [1.807, 2.05) is 50.2 Å². The van der Waals surface area contributed by atoms with Gasteiger partial charge in [0, 0.05) is 29.3 Å². The van der Waals surface area contributed by atoms with Crippen molar-refractivity contribution in [1.29, 1.82) is 0 Å². The predicted octanol–water partition coefficient (Wildman–Crippen LogP) is 4.36. The van der Waals surface area contributed by atoms with E-state index in [4.69, 9.17) is 0 Å². The molecule has 0 saturated heterocycles. The molecule has 31 heavy (non-hydrogen) atoms. The number of nitrogens with zero attached hydrogens (tertiary/aromatic N) is 1. The Labute approximate surface area is 181 Å². The van der Waals surface area contributed by atoms with E-state index in [1.54, 1.807) is 24.3 Å². The summed E-state index contributed by atoms with van der Waals surface area (Å²) in [7, 11) is -3.24. The quantitative estimate of drug-likeness (QED) is 0.489. The summed E-state index contributed by atoms with van der Waals surface area (Å²) in [6.45, 7) is 4.49. The van der Waals surface area contributed by atoms with Crippen LogP contribution in [0.1, 0.15) is 22.8 Å². The molecule has 0 atom stereocenters. The van der Waals surface area contributed by atoms with Gasteiger partial charge in [0.2, 0.25) is 0 Å². The van der Waals surface area contributed by atoms with Crippen LogP contribution in [0.15, 0.2) is 65.6 Å². The number of hydrogen-bond acceptors (Lipinski definition) is 4. The molecule has 1 amide bonds. The molecule has 7 heteroatoms. The lowest BCUT2D eigenvalue weighted by Crippen LogP contribution is -2.22. The first-order valence-corrected chi connectivity index (χ1v) is 11.8. The third-order valence-corrected chi connectivity index (χ3v) is 6.40. The van der Waals surface area contributed by atoms with Gasteiger partial charge in [-0.2, -0.15) is 5.10 Å². The summed E-state index contributed by atoms with van der Waals surface area (Å²) in [5, 5.41) is 11.3. The first kappa shape index (κ1) is 20.8. The highest BCUT2D eigenvalue weighted by molar-refractivity contribution is 7.90. The number of fused-ring (bicyclic) bond motifs is 1. The van der Waals surface area contributed by atoms with Gasteiger partial charge in [0.25, 0.3) is 5.91 Å². The summed E-state index contributed by atoms with van der Waals surface area (Å²) >= 11 is 0. The Balaban J connectivity index is 1.73. The summed E-state index contributed by atoms with van der Waals surface area (Å²) in [4.78, 5) is 12.5. The summed E-state index contributed by atoms with van der Waals surface area (Å²) in [6.07, 6.45) is 1.19. The standard InChI is InChI=1S/C24H23N3O3S/c1-4-25-24(28)18-6-5-15(2)21(13-18)17-9-12-20-22(14-17)26-27-23(20)16-7-10-19(11-8-16)31(3,29)30/h5-14H,4H2,1-3H3,(H,25,28)(H,26,27). The molecule has 3 aromatic carbocycles. The number of H-pyrrole nitrogens is 1. The van der Waals surface area contributed by atoms with Crippen LogP contribution in [-0.2, 0) is 9.84 Å². The molecule has 4 aromatic rings. The zero-order chi connectivity index (χ0) is 22.2. The highest BCUT2D eigenvalue weighted by atomic mass is 32.2. The van der Waals surface area contributed by atoms with E-state index in [9.17, 15) is 13.2 Å². The maximum absolute atomic E-state index is 12.2. The molecule has 0 aliphatic carbocycles. The van der Waals surface area contributed by atoms with E-state index in [0.717, 1.165) is 38.9 Å². The lowest BCUT2D eigenvalue weighted by atomic mass is 9.96. The first-order valence-electron chi connectivity index (χ1n) is 9.96. The number of nitrogens with one attached hydrogen (secondary N) is 2. The molecule has 158 valence electrons. The topological polar surface area (TPSA) is 91.9 Å². The molecule has 0 fully saturated rings. The zero-order valence-corrected chi connectivity index (χ0v) is 18.4. The number of amides is 1. The molecular weight excluding hydrogens is 410 g/mol. The van der Waals surface area contributed by atoms with E-state index >= 15 is 0 Å². The van der Waals surface area contributed by atoms with Crippen molar-refractivity contribution < 1.29 is 13.2 Å². The molecule has 1 heterocycles. The van der Waals surface area contributed by atoms with E-state index in [0.29, 0.717) is 12.1 Å². The Morgan fingerprint density at radius 1 is 1.00 bits per heavy atom. The van der Waals surface area contributed by atoms with Crippen LogP contribution in [0.4, 0.5) is 0 Å². The molecule has 4 rings (SSSR count). The summed E-state index contributed by atoms with van der Waals surface area (Å²) in [5.74, 6) is -0.0915. The van der Waals surface area contributed by atoms with E-state index in [2.05, 4.69) is 15.5 Å². The molecule has 6 nitrogen and oxygen atoms in total. The molecule has 0 bridgehead atoms. The third kappa shape index (κ3) is 4.09. The number of aryl methyl sites for hydroxylation is 1. The van der Waals surface area contributed by atoms with Gasteiger partial charge in [-0.25, -0.2) is 8.42 Å². The zero-order valence-electron chi connectivity index (χ0n) is 17.6. The minimum atomic E-state index is -3.24. The Kier molecular flexibility index (Phi) is 5.37. The maximum atomic E-state index is 12.2. The summed E-state index contributed by atoms with van der Waals surface area (Å²) < 4.78 is 23.4. The van der Waals surface area contributed by atoms with Crippen molar-refractivity contribution in [2.75, 3.05) is 12.8 Å². The van der Waals surface area contributed by atoms with Crippen molar-refractivity contribution in [3.05, 3.63) is 71.8 Å². The minimum Gasteiger partial charge on any atom is -0.352 e. The van der Waals surface area contributed by atoms with Crippen LogP contribution < -0.4 is 5.32 Å². The lowest BCUT2D eigenvalue weighted by Gasteiger charge is -2.10. The fraction of sp³-hybridized carbons (Fsp3) is 0.167. The predicted molar refractivity (Wildman–Crippen MR) is 123 cm³/mol. The normalized spacial score (nSPS) is 11.6. The van der Waals surface area contributed by atoms with Crippen molar-refractivity contribution in [1.82, 2.24) is 15.5 Å². The largest absolute Gasteiger partial charge is 0.352 e. The number of carbonyl (C=O) groups is 1. The molecular formula is C24H23N3O3S.